The van der Waals surface area contributed by atoms with Gasteiger partial charge in [-0.1, -0.05) is 13.8 Å². The zero-order valence-electron chi connectivity index (χ0n) is 15.6. The molecule has 6 heteroatoms. The lowest BCUT2D eigenvalue weighted by atomic mass is 10.1. The molecule has 1 aromatic rings. The molecular formula is C19H32N2O4. The number of hydrogen-bond donors (Lipinski definition) is 3. The van der Waals surface area contributed by atoms with Crippen LogP contribution in [-0.4, -0.2) is 66.7 Å². The van der Waals surface area contributed by atoms with Gasteiger partial charge < -0.3 is 29.9 Å². The number of aliphatic hydroxyl groups excluding tert-OH is 2. The van der Waals surface area contributed by atoms with Gasteiger partial charge in [0.15, 0.2) is 0 Å². The Labute approximate surface area is 150 Å². The number of methoxy groups -OCH3 is 1. The van der Waals surface area contributed by atoms with E-state index in [0.717, 1.165) is 43.0 Å². The maximum Gasteiger partial charge on any atom is 0.124 e. The molecule has 0 aromatic heterocycles. The molecule has 0 spiro atoms. The Bertz CT molecular complexity index is 516. The summed E-state index contributed by atoms with van der Waals surface area (Å²) in [5.41, 5.74) is 1.02. The van der Waals surface area contributed by atoms with E-state index in [2.05, 4.69) is 24.1 Å². The summed E-state index contributed by atoms with van der Waals surface area (Å²) in [5, 5.41) is 23.2. The highest BCUT2D eigenvalue weighted by Gasteiger charge is 2.19. The van der Waals surface area contributed by atoms with E-state index in [0.29, 0.717) is 19.1 Å². The molecule has 0 aliphatic carbocycles. The highest BCUT2D eigenvalue weighted by molar-refractivity contribution is 5.40. The van der Waals surface area contributed by atoms with Gasteiger partial charge in [0.2, 0.25) is 0 Å². The maximum absolute atomic E-state index is 10.3. The molecule has 1 aromatic carbocycles. The van der Waals surface area contributed by atoms with Crippen LogP contribution in [-0.2, 0) is 6.54 Å². The first-order chi connectivity index (χ1) is 12.0. The van der Waals surface area contributed by atoms with Crippen molar-refractivity contribution in [3.8, 4) is 11.5 Å². The molecule has 1 fully saturated rings. The summed E-state index contributed by atoms with van der Waals surface area (Å²) in [6, 6.07) is 6.09. The zero-order chi connectivity index (χ0) is 18.2. The van der Waals surface area contributed by atoms with E-state index in [1.165, 1.54) is 0 Å². The number of nitrogens with one attached hydrogen (secondary N) is 1. The number of likely N-dealkylation sites (tertiary alicyclic amines) is 1. The summed E-state index contributed by atoms with van der Waals surface area (Å²) in [6.07, 6.45) is 0.803. The fourth-order valence-electron chi connectivity index (χ4n) is 2.91. The zero-order valence-corrected chi connectivity index (χ0v) is 15.6. The molecule has 3 N–H and O–H groups in total. The van der Waals surface area contributed by atoms with Gasteiger partial charge in [-0.2, -0.15) is 0 Å². The number of benzene rings is 1. The van der Waals surface area contributed by atoms with Gasteiger partial charge in [0, 0.05) is 37.8 Å². The van der Waals surface area contributed by atoms with Crippen molar-refractivity contribution in [3.05, 3.63) is 23.8 Å². The van der Waals surface area contributed by atoms with Crippen LogP contribution in [0.4, 0.5) is 0 Å². The molecule has 6 nitrogen and oxygen atoms in total. The Kier molecular flexibility index (Phi) is 7.96. The van der Waals surface area contributed by atoms with E-state index in [9.17, 15) is 10.2 Å². The van der Waals surface area contributed by atoms with Crippen LogP contribution in [0.3, 0.4) is 0 Å². The predicted octanol–water partition coefficient (Wildman–Crippen LogP) is 1.39. The highest BCUT2D eigenvalue weighted by atomic mass is 16.5. The maximum atomic E-state index is 10.3. The molecule has 1 saturated heterocycles. The fraction of sp³-hybridized carbons (Fsp3) is 0.684. The SMILES string of the molecule is COc1ccc(OCC(O)CN2CCC(O)CC2)c(CNC(C)C)c1. The average molecular weight is 352 g/mol. The second-order valence-corrected chi connectivity index (χ2v) is 7.01. The number of ether oxygens (including phenoxy) is 2. The van der Waals surface area contributed by atoms with Gasteiger partial charge in [0.1, 0.15) is 24.2 Å². The number of aliphatic hydroxyl groups is 2. The Morgan fingerprint density at radius 1 is 1.28 bits per heavy atom. The van der Waals surface area contributed by atoms with Gasteiger partial charge in [-0.25, -0.2) is 0 Å². The molecule has 0 bridgehead atoms. The Balaban J connectivity index is 1.87. The molecule has 1 aliphatic heterocycles. The smallest absolute Gasteiger partial charge is 0.124 e. The van der Waals surface area contributed by atoms with Crippen molar-refractivity contribution < 1.29 is 19.7 Å². The third kappa shape index (κ3) is 6.82. The van der Waals surface area contributed by atoms with Gasteiger partial charge in [0.25, 0.3) is 0 Å². The van der Waals surface area contributed by atoms with Crippen molar-refractivity contribution in [2.75, 3.05) is 33.4 Å². The average Bonchev–Trinajstić information content (AvgIpc) is 2.60. The summed E-state index contributed by atoms with van der Waals surface area (Å²) < 4.78 is 11.2. The third-order valence-electron chi connectivity index (χ3n) is 4.43. The van der Waals surface area contributed by atoms with Crippen molar-refractivity contribution in [1.29, 1.82) is 0 Å². The Hall–Kier alpha value is -1.34. The van der Waals surface area contributed by atoms with Gasteiger partial charge >= 0.3 is 0 Å². The summed E-state index contributed by atoms with van der Waals surface area (Å²) in [4.78, 5) is 2.18. The van der Waals surface area contributed by atoms with E-state index >= 15 is 0 Å². The fourth-order valence-corrected chi connectivity index (χ4v) is 2.91. The standard InChI is InChI=1S/C19H32N2O4/c1-14(2)20-11-15-10-18(24-3)4-5-19(15)25-13-17(23)12-21-8-6-16(22)7-9-21/h4-5,10,14,16-17,20,22-23H,6-9,11-13H2,1-3H3. The molecule has 142 valence electrons. The van der Waals surface area contributed by atoms with Crippen molar-refractivity contribution in [1.82, 2.24) is 10.2 Å². The predicted molar refractivity (Wildman–Crippen MR) is 98.2 cm³/mol. The van der Waals surface area contributed by atoms with E-state index in [4.69, 9.17) is 9.47 Å². The molecule has 1 heterocycles. The molecule has 0 radical (unpaired) electrons. The number of piperidine rings is 1. The van der Waals surface area contributed by atoms with Gasteiger partial charge in [0.05, 0.1) is 13.2 Å². The van der Waals surface area contributed by atoms with Crippen LogP contribution in [0.1, 0.15) is 32.3 Å². The topological polar surface area (TPSA) is 74.2 Å². The first-order valence-corrected chi connectivity index (χ1v) is 9.09. The molecule has 2 rings (SSSR count). The van der Waals surface area contributed by atoms with Gasteiger partial charge in [-0.15, -0.1) is 0 Å². The van der Waals surface area contributed by atoms with Crippen molar-refractivity contribution in [2.24, 2.45) is 0 Å². The number of nitrogens with zero attached hydrogens (tertiary/aromatic N) is 1. The van der Waals surface area contributed by atoms with Crippen molar-refractivity contribution in [2.45, 2.75) is 51.5 Å². The summed E-state index contributed by atoms with van der Waals surface area (Å²) in [7, 11) is 1.65. The minimum atomic E-state index is -0.553. The minimum Gasteiger partial charge on any atom is -0.497 e. The second kappa shape index (κ2) is 9.97. The van der Waals surface area contributed by atoms with Crippen molar-refractivity contribution >= 4 is 0 Å². The monoisotopic (exact) mass is 352 g/mol. The van der Waals surface area contributed by atoms with Crippen LogP contribution in [0.25, 0.3) is 0 Å². The third-order valence-corrected chi connectivity index (χ3v) is 4.43. The normalized spacial score (nSPS) is 17.7. The quantitative estimate of drug-likeness (QED) is 0.624. The lowest BCUT2D eigenvalue weighted by Crippen LogP contribution is -2.41. The summed E-state index contributed by atoms with van der Waals surface area (Å²) in [5.74, 6) is 1.56. The Morgan fingerprint density at radius 3 is 2.64 bits per heavy atom. The first-order valence-electron chi connectivity index (χ1n) is 9.09. The van der Waals surface area contributed by atoms with Crippen LogP contribution in [0, 0.1) is 0 Å². The molecular weight excluding hydrogens is 320 g/mol. The second-order valence-electron chi connectivity index (χ2n) is 7.01. The van der Waals surface area contributed by atoms with Crippen LogP contribution >= 0.6 is 0 Å². The summed E-state index contributed by atoms with van der Waals surface area (Å²) >= 11 is 0. The number of β-amino-alcohol motifs (C(OH)–C–C–N with tert-alkyl or cyclic N) is 1. The Morgan fingerprint density at radius 2 is 2.00 bits per heavy atom. The van der Waals surface area contributed by atoms with E-state index in [1.54, 1.807) is 7.11 Å². The van der Waals surface area contributed by atoms with Crippen LogP contribution in [0.5, 0.6) is 11.5 Å². The molecule has 0 saturated carbocycles. The van der Waals surface area contributed by atoms with E-state index < -0.39 is 6.10 Å². The van der Waals surface area contributed by atoms with Crippen LogP contribution in [0.2, 0.25) is 0 Å². The molecule has 25 heavy (non-hydrogen) atoms. The number of rotatable bonds is 9. The van der Waals surface area contributed by atoms with Crippen molar-refractivity contribution in [3.63, 3.8) is 0 Å². The van der Waals surface area contributed by atoms with Gasteiger partial charge in [-0.3, -0.25) is 0 Å². The molecule has 1 unspecified atom stereocenters. The van der Waals surface area contributed by atoms with E-state index in [1.807, 2.05) is 18.2 Å². The molecule has 0 amide bonds. The van der Waals surface area contributed by atoms with E-state index in [-0.39, 0.29) is 12.7 Å². The van der Waals surface area contributed by atoms with Crippen LogP contribution in [0.15, 0.2) is 18.2 Å². The highest BCUT2D eigenvalue weighted by Crippen LogP contribution is 2.24. The molecule has 1 aliphatic rings. The largest absolute Gasteiger partial charge is 0.497 e. The number of hydrogen-bond acceptors (Lipinski definition) is 6. The van der Waals surface area contributed by atoms with Crippen LogP contribution < -0.4 is 14.8 Å². The van der Waals surface area contributed by atoms with Gasteiger partial charge in [-0.05, 0) is 31.0 Å². The lowest BCUT2D eigenvalue weighted by molar-refractivity contribution is 0.0336. The lowest BCUT2D eigenvalue weighted by Gasteiger charge is -2.31. The minimum absolute atomic E-state index is 0.194. The molecule has 1 atom stereocenters. The first kappa shape index (κ1) is 20.0. The summed E-state index contributed by atoms with van der Waals surface area (Å²) in [6.45, 7) is 7.35.